The SMILES string of the molecule is Cc1c(C(=O)N2CCN(c3ncnc4[nH]ccc34)CC23CC3)sc2ccccc12. The van der Waals surface area contributed by atoms with Gasteiger partial charge in [-0.2, -0.15) is 0 Å². The molecule has 2 fully saturated rings. The fraction of sp³-hybridized carbons (Fsp3) is 0.318. The maximum absolute atomic E-state index is 13.5. The number of hydrogen-bond acceptors (Lipinski definition) is 5. The van der Waals surface area contributed by atoms with Gasteiger partial charge >= 0.3 is 0 Å². The number of fused-ring (bicyclic) bond motifs is 2. The molecule has 7 heteroatoms. The van der Waals surface area contributed by atoms with Crippen molar-refractivity contribution in [2.45, 2.75) is 25.3 Å². The van der Waals surface area contributed by atoms with Crippen molar-refractivity contribution in [2.75, 3.05) is 24.5 Å². The molecule has 1 aliphatic carbocycles. The van der Waals surface area contributed by atoms with Crippen molar-refractivity contribution in [2.24, 2.45) is 0 Å². The van der Waals surface area contributed by atoms with E-state index in [2.05, 4.69) is 43.8 Å². The molecule has 0 bridgehead atoms. The average molecular weight is 404 g/mol. The molecule has 3 aromatic heterocycles. The van der Waals surface area contributed by atoms with E-state index >= 15 is 0 Å². The molecule has 146 valence electrons. The summed E-state index contributed by atoms with van der Waals surface area (Å²) in [5, 5.41) is 2.24. The maximum atomic E-state index is 13.5. The number of thiophene rings is 1. The molecule has 0 unspecified atom stereocenters. The highest BCUT2D eigenvalue weighted by Crippen LogP contribution is 2.47. The van der Waals surface area contributed by atoms with Crippen molar-refractivity contribution in [3.8, 4) is 0 Å². The second-order valence-corrected chi connectivity index (χ2v) is 9.14. The summed E-state index contributed by atoms with van der Waals surface area (Å²) in [5.41, 5.74) is 1.91. The molecule has 1 saturated heterocycles. The molecule has 4 heterocycles. The minimum Gasteiger partial charge on any atom is -0.352 e. The number of piperazine rings is 1. The summed E-state index contributed by atoms with van der Waals surface area (Å²) in [7, 11) is 0. The van der Waals surface area contributed by atoms with Gasteiger partial charge in [-0.1, -0.05) is 18.2 Å². The Bertz CT molecular complexity index is 1250. The van der Waals surface area contributed by atoms with Gasteiger partial charge in [0.25, 0.3) is 5.91 Å². The van der Waals surface area contributed by atoms with E-state index in [1.54, 1.807) is 17.7 Å². The number of amides is 1. The zero-order chi connectivity index (χ0) is 19.6. The number of H-pyrrole nitrogens is 1. The summed E-state index contributed by atoms with van der Waals surface area (Å²) < 4.78 is 1.19. The summed E-state index contributed by atoms with van der Waals surface area (Å²) in [6.07, 6.45) is 5.63. The van der Waals surface area contributed by atoms with E-state index in [0.717, 1.165) is 59.8 Å². The van der Waals surface area contributed by atoms with Crippen LogP contribution in [0.25, 0.3) is 21.1 Å². The number of hydrogen-bond donors (Lipinski definition) is 1. The molecule has 1 aromatic carbocycles. The Hall–Kier alpha value is -2.93. The predicted octanol–water partition coefficient (Wildman–Crippen LogP) is 3.98. The molecule has 0 radical (unpaired) electrons. The number of anilines is 1. The standard InChI is InChI=1S/C22H21N5OS/c1-14-15-4-2-3-5-17(15)29-18(14)21(28)27-11-10-26(12-22(27)7-8-22)20-16-6-9-23-19(16)24-13-25-20/h2-6,9,13H,7-8,10-12H2,1H3,(H,23,24,25). The largest absolute Gasteiger partial charge is 0.352 e. The van der Waals surface area contributed by atoms with Gasteiger partial charge in [-0.3, -0.25) is 4.79 Å². The van der Waals surface area contributed by atoms with Crippen molar-refractivity contribution >= 4 is 44.2 Å². The zero-order valence-corrected chi connectivity index (χ0v) is 17.0. The van der Waals surface area contributed by atoms with E-state index in [0.29, 0.717) is 0 Å². The Morgan fingerprint density at radius 2 is 2.00 bits per heavy atom. The Morgan fingerprint density at radius 3 is 2.83 bits per heavy atom. The van der Waals surface area contributed by atoms with E-state index in [9.17, 15) is 4.79 Å². The maximum Gasteiger partial charge on any atom is 0.264 e. The highest BCUT2D eigenvalue weighted by molar-refractivity contribution is 7.21. The quantitative estimate of drug-likeness (QED) is 0.550. The lowest BCUT2D eigenvalue weighted by Gasteiger charge is -2.42. The Kier molecular flexibility index (Phi) is 3.53. The number of aromatic nitrogens is 3. The third-order valence-corrected chi connectivity index (χ3v) is 7.65. The fourth-order valence-corrected chi connectivity index (χ4v) is 5.82. The van der Waals surface area contributed by atoms with Crippen LogP contribution in [-0.2, 0) is 0 Å². The van der Waals surface area contributed by atoms with Gasteiger partial charge in [0.05, 0.1) is 15.8 Å². The molecule has 1 aliphatic heterocycles. The van der Waals surface area contributed by atoms with Crippen molar-refractivity contribution < 1.29 is 4.79 Å². The Balaban J connectivity index is 1.32. The molecule has 1 N–H and O–H groups in total. The third-order valence-electron chi connectivity index (χ3n) is 6.39. The highest BCUT2D eigenvalue weighted by Gasteiger charge is 2.54. The van der Waals surface area contributed by atoms with Gasteiger partial charge in [-0.15, -0.1) is 11.3 Å². The van der Waals surface area contributed by atoms with Crippen LogP contribution >= 0.6 is 11.3 Å². The van der Waals surface area contributed by atoms with Crippen LogP contribution in [0, 0.1) is 6.92 Å². The summed E-state index contributed by atoms with van der Waals surface area (Å²) in [6.45, 7) is 4.42. The van der Waals surface area contributed by atoms with Gasteiger partial charge in [0.15, 0.2) is 0 Å². The topological polar surface area (TPSA) is 65.1 Å². The molecule has 4 aromatic rings. The lowest BCUT2D eigenvalue weighted by atomic mass is 10.1. The second-order valence-electron chi connectivity index (χ2n) is 8.09. The Labute approximate surface area is 172 Å². The minimum atomic E-state index is -0.0640. The highest BCUT2D eigenvalue weighted by atomic mass is 32.1. The van der Waals surface area contributed by atoms with Crippen LogP contribution in [0.5, 0.6) is 0 Å². The lowest BCUT2D eigenvalue weighted by molar-refractivity contribution is 0.0629. The first kappa shape index (κ1) is 17.0. The van der Waals surface area contributed by atoms with Crippen LogP contribution in [0.15, 0.2) is 42.9 Å². The lowest BCUT2D eigenvalue weighted by Crippen LogP contribution is -2.57. The van der Waals surface area contributed by atoms with Gasteiger partial charge < -0.3 is 14.8 Å². The summed E-state index contributed by atoms with van der Waals surface area (Å²) >= 11 is 1.62. The molecular formula is C22H21N5OS. The van der Waals surface area contributed by atoms with Crippen LogP contribution in [0.4, 0.5) is 5.82 Å². The molecule has 6 rings (SSSR count). The molecule has 1 amide bonds. The van der Waals surface area contributed by atoms with E-state index < -0.39 is 0 Å². The number of carbonyl (C=O) groups is 1. The zero-order valence-electron chi connectivity index (χ0n) is 16.2. The smallest absolute Gasteiger partial charge is 0.264 e. The molecule has 1 spiro atoms. The van der Waals surface area contributed by atoms with Crippen molar-refractivity contribution in [1.82, 2.24) is 19.9 Å². The first-order chi connectivity index (χ1) is 14.2. The second kappa shape index (κ2) is 6.03. The Morgan fingerprint density at radius 1 is 1.14 bits per heavy atom. The van der Waals surface area contributed by atoms with E-state index in [1.165, 1.54) is 10.1 Å². The van der Waals surface area contributed by atoms with Crippen molar-refractivity contribution in [1.29, 1.82) is 0 Å². The number of carbonyl (C=O) groups excluding carboxylic acids is 1. The van der Waals surface area contributed by atoms with Crippen LogP contribution in [0.3, 0.4) is 0 Å². The number of rotatable bonds is 2. The van der Waals surface area contributed by atoms with Gasteiger partial charge in [-0.25, -0.2) is 9.97 Å². The van der Waals surface area contributed by atoms with Crippen LogP contribution < -0.4 is 4.90 Å². The number of nitrogens with zero attached hydrogens (tertiary/aromatic N) is 4. The molecule has 1 saturated carbocycles. The number of aryl methyl sites for hydroxylation is 1. The van der Waals surface area contributed by atoms with E-state index in [-0.39, 0.29) is 11.4 Å². The van der Waals surface area contributed by atoms with E-state index in [1.807, 2.05) is 24.4 Å². The van der Waals surface area contributed by atoms with Gasteiger partial charge in [0.2, 0.25) is 0 Å². The van der Waals surface area contributed by atoms with Crippen LogP contribution in [0.1, 0.15) is 28.1 Å². The van der Waals surface area contributed by atoms with Gasteiger partial charge in [0, 0.05) is 30.5 Å². The monoisotopic (exact) mass is 403 g/mol. The summed E-state index contributed by atoms with van der Waals surface area (Å²) in [6, 6.07) is 10.3. The van der Waals surface area contributed by atoms with Gasteiger partial charge in [0.1, 0.15) is 17.8 Å². The molecule has 29 heavy (non-hydrogen) atoms. The first-order valence-corrected chi connectivity index (χ1v) is 10.8. The van der Waals surface area contributed by atoms with E-state index in [4.69, 9.17) is 0 Å². The molecular weight excluding hydrogens is 382 g/mol. The summed E-state index contributed by atoms with van der Waals surface area (Å²) in [4.78, 5) is 30.9. The first-order valence-electron chi connectivity index (χ1n) is 9.99. The third kappa shape index (κ3) is 2.50. The van der Waals surface area contributed by atoms with Crippen molar-refractivity contribution in [3.63, 3.8) is 0 Å². The number of nitrogens with one attached hydrogen (secondary N) is 1. The normalized spacial score (nSPS) is 18.1. The number of aromatic amines is 1. The van der Waals surface area contributed by atoms with Crippen LogP contribution in [-0.4, -0.2) is 50.9 Å². The summed E-state index contributed by atoms with van der Waals surface area (Å²) in [5.74, 6) is 1.16. The van der Waals surface area contributed by atoms with Gasteiger partial charge in [-0.05, 0) is 42.8 Å². The van der Waals surface area contributed by atoms with Crippen molar-refractivity contribution in [3.05, 3.63) is 53.3 Å². The van der Waals surface area contributed by atoms with Crippen LogP contribution in [0.2, 0.25) is 0 Å². The fourth-order valence-electron chi connectivity index (χ4n) is 4.66. The minimum absolute atomic E-state index is 0.0640. The predicted molar refractivity (Wildman–Crippen MR) is 116 cm³/mol. The molecule has 6 nitrogen and oxygen atoms in total. The molecule has 0 atom stereocenters. The number of benzene rings is 1. The average Bonchev–Trinajstić information content (AvgIpc) is 3.19. The molecule has 2 aliphatic rings.